The summed E-state index contributed by atoms with van der Waals surface area (Å²) in [4.78, 5) is 11.5. The lowest BCUT2D eigenvalue weighted by molar-refractivity contribution is 0.0601. The van der Waals surface area contributed by atoms with Gasteiger partial charge in [-0.3, -0.25) is 5.43 Å². The summed E-state index contributed by atoms with van der Waals surface area (Å²) in [6, 6.07) is 11.8. The molecule has 2 aromatic carbocycles. The van der Waals surface area contributed by atoms with Crippen molar-refractivity contribution in [3.63, 3.8) is 0 Å². The van der Waals surface area contributed by atoms with Crippen molar-refractivity contribution in [2.45, 2.75) is 0 Å². The number of nitrogens with one attached hydrogen (secondary N) is 2. The largest absolute Gasteiger partial charge is 0.465 e. The number of nitrogens with zero attached hydrogens (tertiary/aromatic N) is 1. The van der Waals surface area contributed by atoms with E-state index in [0.717, 1.165) is 0 Å². The number of hydrogen-bond donors (Lipinski definition) is 2. The van der Waals surface area contributed by atoms with E-state index >= 15 is 0 Å². The molecule has 2 N–H and O–H groups in total. The van der Waals surface area contributed by atoms with Crippen LogP contribution in [0.2, 0.25) is 10.0 Å². The van der Waals surface area contributed by atoms with Crippen LogP contribution in [0.15, 0.2) is 47.6 Å². The van der Waals surface area contributed by atoms with E-state index in [9.17, 15) is 4.79 Å². The number of halogens is 2. The topological polar surface area (TPSA) is 62.7 Å². The van der Waals surface area contributed by atoms with Gasteiger partial charge in [-0.1, -0.05) is 35.3 Å². The summed E-state index contributed by atoms with van der Waals surface area (Å²) in [7, 11) is 1.32. The lowest BCUT2D eigenvalue weighted by atomic mass is 10.2. The van der Waals surface area contributed by atoms with Crippen molar-refractivity contribution in [3.05, 3.63) is 63.6 Å². The van der Waals surface area contributed by atoms with Gasteiger partial charge in [0.15, 0.2) is 5.11 Å². The lowest BCUT2D eigenvalue weighted by Crippen LogP contribution is -2.24. The molecule has 0 radical (unpaired) electrons. The molecule has 0 fully saturated rings. The smallest absolute Gasteiger partial charge is 0.337 e. The van der Waals surface area contributed by atoms with Crippen LogP contribution in [-0.4, -0.2) is 24.4 Å². The zero-order valence-corrected chi connectivity index (χ0v) is 14.9. The average molecular weight is 382 g/mol. The Morgan fingerprint density at radius 2 is 2.04 bits per heavy atom. The number of methoxy groups -OCH3 is 1. The third kappa shape index (κ3) is 5.19. The number of esters is 1. The van der Waals surface area contributed by atoms with Crippen LogP contribution in [-0.2, 0) is 4.74 Å². The molecule has 2 rings (SSSR count). The van der Waals surface area contributed by atoms with Gasteiger partial charge in [-0.15, -0.1) is 0 Å². The third-order valence-corrected chi connectivity index (χ3v) is 3.63. The number of carbonyl (C=O) groups excluding carboxylic acids is 1. The van der Waals surface area contributed by atoms with Gasteiger partial charge in [0.1, 0.15) is 0 Å². The molecule has 0 atom stereocenters. The molecule has 0 bridgehead atoms. The predicted molar refractivity (Wildman–Crippen MR) is 101 cm³/mol. The molecule has 0 aliphatic rings. The SMILES string of the molecule is COC(=O)c1cccc(NC(=S)NN=Cc2ccc(Cl)cc2Cl)c1. The highest BCUT2D eigenvalue weighted by atomic mass is 35.5. The molecule has 0 heterocycles. The van der Waals surface area contributed by atoms with Crippen LogP contribution in [0, 0.1) is 0 Å². The Morgan fingerprint density at radius 3 is 2.75 bits per heavy atom. The Labute approximate surface area is 154 Å². The third-order valence-electron chi connectivity index (χ3n) is 2.87. The standard InChI is InChI=1S/C16H13Cl2N3O2S/c1-23-15(22)10-3-2-4-13(7-10)20-16(24)21-19-9-11-5-6-12(17)8-14(11)18/h2-9H,1H3,(H2,20,21,24). The van der Waals surface area contributed by atoms with Gasteiger partial charge in [-0.05, 0) is 42.5 Å². The summed E-state index contributed by atoms with van der Waals surface area (Å²) in [5.74, 6) is -0.423. The molecule has 0 unspecified atom stereocenters. The zero-order valence-electron chi connectivity index (χ0n) is 12.5. The summed E-state index contributed by atoms with van der Waals surface area (Å²) in [5.41, 5.74) is 4.42. The Bertz CT molecular complexity index is 797. The first kappa shape index (κ1) is 18.2. The molecule has 5 nitrogen and oxygen atoms in total. The first-order chi connectivity index (χ1) is 11.5. The predicted octanol–water partition coefficient (Wildman–Crippen LogP) is 4.10. The highest BCUT2D eigenvalue weighted by molar-refractivity contribution is 7.80. The lowest BCUT2D eigenvalue weighted by Gasteiger charge is -2.08. The van der Waals surface area contributed by atoms with Gasteiger partial charge < -0.3 is 10.1 Å². The molecular weight excluding hydrogens is 369 g/mol. The maximum atomic E-state index is 11.5. The maximum absolute atomic E-state index is 11.5. The average Bonchev–Trinajstić information content (AvgIpc) is 2.56. The summed E-state index contributed by atoms with van der Waals surface area (Å²) in [5, 5.41) is 8.22. The number of anilines is 1. The Balaban J connectivity index is 1.96. The van der Waals surface area contributed by atoms with E-state index in [0.29, 0.717) is 26.9 Å². The molecule has 0 aromatic heterocycles. The second-order valence-electron chi connectivity index (χ2n) is 4.56. The molecule has 24 heavy (non-hydrogen) atoms. The molecule has 0 amide bonds. The molecular formula is C16H13Cl2N3O2S. The van der Waals surface area contributed by atoms with Crippen LogP contribution < -0.4 is 10.7 Å². The minimum Gasteiger partial charge on any atom is -0.465 e. The highest BCUT2D eigenvalue weighted by Crippen LogP contribution is 2.19. The van der Waals surface area contributed by atoms with E-state index in [1.807, 2.05) is 0 Å². The molecule has 0 saturated heterocycles. The first-order valence-electron chi connectivity index (χ1n) is 6.73. The number of benzene rings is 2. The van der Waals surface area contributed by atoms with Gasteiger partial charge in [-0.25, -0.2) is 4.79 Å². The van der Waals surface area contributed by atoms with Crippen molar-refractivity contribution in [1.29, 1.82) is 0 Å². The fourth-order valence-electron chi connectivity index (χ4n) is 1.77. The monoisotopic (exact) mass is 381 g/mol. The van der Waals surface area contributed by atoms with Gasteiger partial charge in [-0.2, -0.15) is 5.10 Å². The van der Waals surface area contributed by atoms with E-state index in [1.165, 1.54) is 13.3 Å². The molecule has 8 heteroatoms. The van der Waals surface area contributed by atoms with Crippen molar-refractivity contribution in [1.82, 2.24) is 5.43 Å². The van der Waals surface area contributed by atoms with Gasteiger partial charge in [0, 0.05) is 16.3 Å². The molecule has 124 valence electrons. The van der Waals surface area contributed by atoms with Crippen molar-refractivity contribution >= 4 is 58.4 Å². The first-order valence-corrected chi connectivity index (χ1v) is 7.89. The molecule has 0 saturated carbocycles. The van der Waals surface area contributed by atoms with Crippen molar-refractivity contribution in [2.75, 3.05) is 12.4 Å². The quantitative estimate of drug-likeness (QED) is 0.361. The summed E-state index contributed by atoms with van der Waals surface area (Å²) >= 11 is 17.0. The minimum atomic E-state index is -0.423. The molecule has 2 aromatic rings. The Hall–Kier alpha value is -2.15. The molecule has 0 aliphatic carbocycles. The minimum absolute atomic E-state index is 0.262. The molecule has 0 spiro atoms. The fourth-order valence-corrected chi connectivity index (χ4v) is 2.40. The summed E-state index contributed by atoms with van der Waals surface area (Å²) < 4.78 is 4.67. The van der Waals surface area contributed by atoms with Crippen LogP contribution in [0.3, 0.4) is 0 Å². The normalized spacial score (nSPS) is 10.5. The van der Waals surface area contributed by atoms with Crippen molar-refractivity contribution < 1.29 is 9.53 Å². The number of thiocarbonyl (C=S) groups is 1. The number of ether oxygens (including phenoxy) is 1. The van der Waals surface area contributed by atoms with Crippen molar-refractivity contribution in [3.8, 4) is 0 Å². The van der Waals surface area contributed by atoms with E-state index in [-0.39, 0.29) is 5.11 Å². The van der Waals surface area contributed by atoms with Crippen LogP contribution in [0.1, 0.15) is 15.9 Å². The zero-order chi connectivity index (χ0) is 17.5. The fraction of sp³-hybridized carbons (Fsp3) is 0.0625. The summed E-state index contributed by atoms with van der Waals surface area (Å²) in [6.45, 7) is 0. The highest BCUT2D eigenvalue weighted by Gasteiger charge is 2.06. The van der Waals surface area contributed by atoms with Crippen LogP contribution in [0.4, 0.5) is 5.69 Å². The number of hydrazone groups is 1. The maximum Gasteiger partial charge on any atom is 0.337 e. The second-order valence-corrected chi connectivity index (χ2v) is 5.81. The van der Waals surface area contributed by atoms with E-state index in [1.54, 1.807) is 42.5 Å². The Morgan fingerprint density at radius 1 is 1.25 bits per heavy atom. The van der Waals surface area contributed by atoms with Crippen molar-refractivity contribution in [2.24, 2.45) is 5.10 Å². The van der Waals surface area contributed by atoms with E-state index in [4.69, 9.17) is 35.4 Å². The Kier molecular flexibility index (Phi) is 6.54. The number of hydrogen-bond acceptors (Lipinski definition) is 4. The number of rotatable bonds is 4. The number of carbonyl (C=O) groups is 1. The van der Waals surface area contributed by atoms with E-state index < -0.39 is 5.97 Å². The summed E-state index contributed by atoms with van der Waals surface area (Å²) in [6.07, 6.45) is 1.53. The van der Waals surface area contributed by atoms with E-state index in [2.05, 4.69) is 20.6 Å². The second kappa shape index (κ2) is 8.63. The van der Waals surface area contributed by atoms with Gasteiger partial charge in [0.25, 0.3) is 0 Å². The van der Waals surface area contributed by atoms with Crippen LogP contribution in [0.25, 0.3) is 0 Å². The van der Waals surface area contributed by atoms with Crippen LogP contribution in [0.5, 0.6) is 0 Å². The van der Waals surface area contributed by atoms with Gasteiger partial charge in [0.2, 0.25) is 0 Å². The van der Waals surface area contributed by atoms with Crippen LogP contribution >= 0.6 is 35.4 Å². The van der Waals surface area contributed by atoms with Gasteiger partial charge >= 0.3 is 5.97 Å². The molecule has 0 aliphatic heterocycles. The van der Waals surface area contributed by atoms with Gasteiger partial charge in [0.05, 0.1) is 23.9 Å².